The van der Waals surface area contributed by atoms with Crippen LogP contribution in [0, 0.1) is 35.1 Å². The van der Waals surface area contributed by atoms with Crippen LogP contribution in [0.15, 0.2) is 117 Å². The number of nitrogens with zero attached hydrogens (tertiary/aromatic N) is 8. The number of likely N-dealkylation sites (N-methyl/N-ethyl adjacent to an activating group) is 1. The molecule has 3 N–H and O–H groups in total. The van der Waals surface area contributed by atoms with Crippen LogP contribution in [0.1, 0.15) is 27.9 Å². The number of halogens is 8. The third kappa shape index (κ3) is 15.1. The molecule has 17 nitrogen and oxygen atoms in total. The highest BCUT2D eigenvalue weighted by atomic mass is 127. The molecule has 75 heavy (non-hydrogen) atoms. The fourth-order valence-electron chi connectivity index (χ4n) is 6.69. The van der Waals surface area contributed by atoms with Crippen molar-refractivity contribution >= 4 is 143 Å². The largest absolute Gasteiger partial charge is 0.505 e. The Hall–Kier alpha value is -6.48. The lowest BCUT2D eigenvalue weighted by atomic mass is 10.2. The predicted molar refractivity (Wildman–Crippen MR) is 299 cm³/mol. The molecule has 10 rings (SSSR count). The lowest BCUT2D eigenvalue weighted by Gasteiger charge is -2.26. The number of carbonyl (C=O) groups is 2. The molecule has 0 spiro atoms. The maximum absolute atomic E-state index is 13.2. The summed E-state index contributed by atoms with van der Waals surface area (Å²) in [6.07, 6.45) is 2.01. The Kier molecular flexibility index (Phi) is 19.9. The molecule has 1 atom stereocenters. The van der Waals surface area contributed by atoms with Crippen LogP contribution in [0.3, 0.4) is 0 Å². The zero-order chi connectivity index (χ0) is 54.7. The summed E-state index contributed by atoms with van der Waals surface area (Å²) >= 11 is 20.8. The zero-order valence-corrected chi connectivity index (χ0v) is 47.0. The van der Waals surface area contributed by atoms with Gasteiger partial charge >= 0.3 is 12.2 Å². The SMILES string of the molecule is C=CCOc1ccc(Cl)nc1I.CNc1ccc2occ(C)c2n1.Cc1cc(C(F)(F)F)cc(N2C(=O)NC[C@H]2C(=O)N(C)c2ccc3occ(C)c3n2)n1.Cc1coc2ccc(Cl)nc12.Oc1ccc(Cl)nc1I. The van der Waals surface area contributed by atoms with Gasteiger partial charge in [0.05, 0.1) is 24.4 Å². The van der Waals surface area contributed by atoms with Crippen LogP contribution in [-0.4, -0.2) is 80.2 Å². The number of aryl methyl sites for hydroxylation is 4. The first-order valence-corrected chi connectivity index (χ1v) is 25.2. The predicted octanol–water partition coefficient (Wildman–Crippen LogP) is 13.3. The van der Waals surface area contributed by atoms with Crippen molar-refractivity contribution in [3.8, 4) is 11.5 Å². The molecule has 9 aromatic rings. The molecule has 1 saturated heterocycles. The lowest BCUT2D eigenvalue weighted by Crippen LogP contribution is -2.47. The van der Waals surface area contributed by atoms with E-state index in [1.165, 1.54) is 24.9 Å². The number of aromatic nitrogens is 6. The molecule has 0 bridgehead atoms. The van der Waals surface area contributed by atoms with Gasteiger partial charge in [0.2, 0.25) is 0 Å². The summed E-state index contributed by atoms with van der Waals surface area (Å²) in [4.78, 5) is 52.5. The number of rotatable bonds is 7. The van der Waals surface area contributed by atoms with Crippen LogP contribution in [0.5, 0.6) is 11.5 Å². The Morgan fingerprint density at radius 2 is 1.35 bits per heavy atom. The summed E-state index contributed by atoms with van der Waals surface area (Å²) < 4.78 is 62.1. The number of hydrogen-bond donors (Lipinski definition) is 3. The highest BCUT2D eigenvalue weighted by molar-refractivity contribution is 14.1. The van der Waals surface area contributed by atoms with Gasteiger partial charge in [0.15, 0.2) is 22.5 Å². The molecule has 0 aliphatic carbocycles. The van der Waals surface area contributed by atoms with E-state index in [0.717, 1.165) is 71.2 Å². The van der Waals surface area contributed by atoms with Crippen molar-refractivity contribution < 1.29 is 45.9 Å². The number of amides is 3. The van der Waals surface area contributed by atoms with Gasteiger partial charge in [0.1, 0.15) is 75.3 Å². The Morgan fingerprint density at radius 1 is 0.813 bits per heavy atom. The second-order valence-electron chi connectivity index (χ2n) is 15.8. The van der Waals surface area contributed by atoms with Gasteiger partial charge in [-0.1, -0.05) is 47.5 Å². The maximum Gasteiger partial charge on any atom is 0.416 e. The van der Waals surface area contributed by atoms with Crippen molar-refractivity contribution in [2.24, 2.45) is 0 Å². The van der Waals surface area contributed by atoms with Crippen LogP contribution >= 0.6 is 80.0 Å². The molecule has 1 aliphatic rings. The van der Waals surface area contributed by atoms with Crippen molar-refractivity contribution in [2.75, 3.05) is 42.4 Å². The van der Waals surface area contributed by atoms with Crippen LogP contribution in [-0.2, 0) is 11.0 Å². The molecule has 0 radical (unpaired) electrons. The minimum Gasteiger partial charge on any atom is -0.505 e. The van der Waals surface area contributed by atoms with Crippen LogP contribution in [0.2, 0.25) is 15.5 Å². The second-order valence-corrected chi connectivity index (χ2v) is 19.0. The molecule has 392 valence electrons. The molecule has 0 unspecified atom stereocenters. The normalized spacial score (nSPS) is 12.8. The van der Waals surface area contributed by atoms with E-state index in [1.54, 1.807) is 61.3 Å². The second kappa shape index (κ2) is 25.8. The number of hydrogen-bond acceptors (Lipinski definition) is 14. The number of anilines is 3. The van der Waals surface area contributed by atoms with Crippen LogP contribution in [0.25, 0.3) is 33.3 Å². The van der Waals surface area contributed by atoms with Gasteiger partial charge in [-0.05, 0) is 146 Å². The molecule has 9 aromatic heterocycles. The van der Waals surface area contributed by atoms with E-state index in [1.807, 2.05) is 68.6 Å². The summed E-state index contributed by atoms with van der Waals surface area (Å²) in [7, 11) is 3.33. The third-order valence-electron chi connectivity index (χ3n) is 10.4. The first-order valence-electron chi connectivity index (χ1n) is 21.9. The number of furan rings is 3. The van der Waals surface area contributed by atoms with E-state index in [0.29, 0.717) is 42.7 Å². The van der Waals surface area contributed by atoms with Gasteiger partial charge in [-0.3, -0.25) is 14.6 Å². The first kappa shape index (κ1) is 57.8. The topological polar surface area (TPSA) is 211 Å². The fourth-order valence-corrected chi connectivity index (χ4v) is 8.45. The highest BCUT2D eigenvalue weighted by Gasteiger charge is 2.41. The van der Waals surface area contributed by atoms with E-state index < -0.39 is 29.7 Å². The Labute approximate surface area is 469 Å². The standard InChI is InChI=1S/C20H18F3N5O3.C9H10N2O.C8H7ClINO.C8H6ClNO.C5H3ClINO/c1-10-9-31-14-4-5-15(26-17(10)14)27(3)18(29)13-8-24-19(30)28(13)16-7-12(20(21,22)23)6-11(2)25-16;1-6-5-12-7-3-4-8(10-2)11-9(6)7;1-2-5-12-6-3-4-7(9)11-8(6)10;1-5-4-11-6-2-3-7(9)10-8(5)6;6-4-2-1-3(9)5(7)8-4/h4-7,9,13H,8H2,1-3H3,(H,24,30);3-5H,1-2H3,(H,10,11);2-4H,1,5H2;2-4H,1H3;1-2,9H/t13-;;;;/m0..../s1. The molecule has 1 aliphatic heterocycles. The van der Waals surface area contributed by atoms with Gasteiger partial charge in [-0.2, -0.15) is 13.2 Å². The maximum atomic E-state index is 13.2. The quantitative estimate of drug-likeness (QED) is 0.0770. The van der Waals surface area contributed by atoms with Crippen molar-refractivity contribution in [3.63, 3.8) is 0 Å². The molecule has 0 aromatic carbocycles. The molecule has 1 fully saturated rings. The van der Waals surface area contributed by atoms with Gasteiger partial charge in [-0.15, -0.1) is 0 Å². The van der Waals surface area contributed by atoms with Crippen LogP contribution in [0.4, 0.5) is 35.4 Å². The van der Waals surface area contributed by atoms with E-state index in [2.05, 4.69) is 69.7 Å². The number of alkyl halides is 3. The Balaban J connectivity index is 0.000000171. The fraction of sp³-hybridized carbons (Fsp3) is 0.200. The molecular weight excluding hydrogens is 1270 g/mol. The summed E-state index contributed by atoms with van der Waals surface area (Å²) in [5.74, 6) is 1.31. The minimum atomic E-state index is -4.61. The summed E-state index contributed by atoms with van der Waals surface area (Å²) in [5, 5.41) is 15.8. The van der Waals surface area contributed by atoms with E-state index in [9.17, 15) is 22.8 Å². The Bertz CT molecular complexity index is 3490. The van der Waals surface area contributed by atoms with E-state index in [-0.39, 0.29) is 23.8 Å². The molecule has 10 heterocycles. The van der Waals surface area contributed by atoms with Crippen molar-refractivity contribution in [1.29, 1.82) is 0 Å². The molecule has 25 heteroatoms. The molecule has 0 saturated carbocycles. The number of aromatic hydroxyl groups is 1. The third-order valence-corrected chi connectivity index (χ3v) is 12.6. The monoisotopic (exact) mass is 1310 g/mol. The highest BCUT2D eigenvalue weighted by Crippen LogP contribution is 2.33. The number of pyridine rings is 6. The van der Waals surface area contributed by atoms with Crippen molar-refractivity contribution in [3.05, 3.63) is 155 Å². The molecule has 3 amide bonds. The van der Waals surface area contributed by atoms with Crippen molar-refractivity contribution in [1.82, 2.24) is 35.2 Å². The minimum absolute atomic E-state index is 0.0756. The van der Waals surface area contributed by atoms with Gasteiger partial charge in [0, 0.05) is 43.0 Å². The van der Waals surface area contributed by atoms with E-state index in [4.69, 9.17) is 57.9 Å². The van der Waals surface area contributed by atoms with Crippen LogP contribution < -0.4 is 25.2 Å². The van der Waals surface area contributed by atoms with E-state index >= 15 is 0 Å². The average Bonchev–Trinajstić information content (AvgIpc) is 4.16. The van der Waals surface area contributed by atoms with Gasteiger partial charge < -0.3 is 33.7 Å². The summed E-state index contributed by atoms with van der Waals surface area (Å²) in [6.45, 7) is 11.1. The molecular formula is C50H44Cl3F3I2N10O7. The zero-order valence-electron chi connectivity index (χ0n) is 40.4. The average molecular weight is 1310 g/mol. The number of carbonyl (C=O) groups excluding carboxylic acids is 2. The first-order chi connectivity index (χ1) is 35.6. The summed E-state index contributed by atoms with van der Waals surface area (Å²) in [5.41, 5.74) is 6.56. The number of ether oxygens (including phenoxy) is 1. The number of nitrogens with one attached hydrogen (secondary N) is 2. The number of urea groups is 1. The summed E-state index contributed by atoms with van der Waals surface area (Å²) in [6, 6.07) is 17.0. The lowest BCUT2D eigenvalue weighted by molar-refractivity contribution is -0.137. The van der Waals surface area contributed by atoms with Crippen molar-refractivity contribution in [2.45, 2.75) is 39.9 Å². The smallest absolute Gasteiger partial charge is 0.416 e. The van der Waals surface area contributed by atoms with Gasteiger partial charge in [0.25, 0.3) is 5.91 Å². The number of fused-ring (bicyclic) bond motifs is 3. The Morgan fingerprint density at radius 3 is 1.91 bits per heavy atom. The van der Waals surface area contributed by atoms with Gasteiger partial charge in [-0.25, -0.2) is 34.7 Å².